The molecule has 0 bridgehead atoms. The number of aromatic nitrogens is 6. The van der Waals surface area contributed by atoms with Crippen molar-refractivity contribution in [2.24, 2.45) is 0 Å². The predicted octanol–water partition coefficient (Wildman–Crippen LogP) is 14.2. The van der Waals surface area contributed by atoms with Crippen LogP contribution in [0.2, 0.25) is 0 Å². The summed E-state index contributed by atoms with van der Waals surface area (Å²) >= 11 is 0. The van der Waals surface area contributed by atoms with Gasteiger partial charge in [0.15, 0.2) is 0 Å². The summed E-state index contributed by atoms with van der Waals surface area (Å²) in [5.41, 5.74) is 16.0. The van der Waals surface area contributed by atoms with Gasteiger partial charge in [0.25, 0.3) is 0 Å². The van der Waals surface area contributed by atoms with Gasteiger partial charge in [-0.1, -0.05) is 133 Å². The van der Waals surface area contributed by atoms with Crippen molar-refractivity contribution >= 4 is 65.5 Å². The maximum atomic E-state index is 5.24. The fourth-order valence-electron chi connectivity index (χ4n) is 9.66. The second-order valence-corrected chi connectivity index (χ2v) is 16.1. The highest BCUT2D eigenvalue weighted by molar-refractivity contribution is 6.12. The van der Waals surface area contributed by atoms with Crippen LogP contribution in [0.25, 0.3) is 117 Å². The van der Waals surface area contributed by atoms with E-state index in [0.29, 0.717) is 5.95 Å². The highest BCUT2D eigenvalue weighted by Crippen LogP contribution is 2.39. The van der Waals surface area contributed by atoms with Gasteiger partial charge in [-0.15, -0.1) is 0 Å². The van der Waals surface area contributed by atoms with Crippen LogP contribution in [-0.4, -0.2) is 28.7 Å². The summed E-state index contributed by atoms with van der Waals surface area (Å²) in [5, 5.41) is 5.89. The van der Waals surface area contributed by atoms with Crippen LogP contribution in [0.15, 0.2) is 219 Å². The molecule has 0 radical (unpaired) electrons. The van der Waals surface area contributed by atoms with E-state index in [2.05, 4.69) is 208 Å². The Morgan fingerprint density at radius 2 is 0.762 bits per heavy atom. The highest BCUT2D eigenvalue weighted by atomic mass is 15.2. The Labute approximate surface area is 362 Å². The van der Waals surface area contributed by atoms with Gasteiger partial charge in [0.1, 0.15) is 0 Å². The summed E-state index contributed by atoms with van der Waals surface area (Å²) in [4.78, 5) is 15.2. The van der Waals surface area contributed by atoms with Crippen LogP contribution in [0.3, 0.4) is 0 Å². The molecule has 13 rings (SSSR count). The number of fused-ring (bicyclic) bond motifs is 9. The quantitative estimate of drug-likeness (QED) is 0.168. The van der Waals surface area contributed by atoms with Crippen molar-refractivity contribution in [3.8, 4) is 51.0 Å². The lowest BCUT2D eigenvalue weighted by Crippen LogP contribution is -2.03. The maximum Gasteiger partial charge on any atom is 0.235 e. The van der Waals surface area contributed by atoms with Gasteiger partial charge in [-0.05, 0) is 90.0 Å². The van der Waals surface area contributed by atoms with E-state index in [1.165, 1.54) is 16.3 Å². The Hall–Kier alpha value is -8.61. The number of hydrogen-bond acceptors (Lipinski definition) is 3. The summed E-state index contributed by atoms with van der Waals surface area (Å²) < 4.78 is 6.93. The minimum Gasteiger partial charge on any atom is -0.309 e. The van der Waals surface area contributed by atoms with Crippen LogP contribution in [0.4, 0.5) is 0 Å². The van der Waals surface area contributed by atoms with Crippen LogP contribution in [0.5, 0.6) is 0 Å². The van der Waals surface area contributed by atoms with Crippen LogP contribution >= 0.6 is 0 Å². The van der Waals surface area contributed by atoms with E-state index in [0.717, 1.165) is 94.3 Å². The largest absolute Gasteiger partial charge is 0.309 e. The number of hydrogen-bond donors (Lipinski definition) is 0. The van der Waals surface area contributed by atoms with E-state index < -0.39 is 0 Å². The van der Waals surface area contributed by atoms with Gasteiger partial charge in [-0.25, -0.2) is 9.97 Å². The standard InChI is InChI=1S/C57H36N6/c1-3-14-37(15-4-1)48-36-49(38-16-5-2-6-17-38)60-57(59-48)63-51-22-11-8-19-44(51)47-34-39(26-32-53(47)63)40-25-31-45-43-18-7-10-21-50(43)62(55(45)35-40)42-29-27-41(28-30-42)61-52-23-12-9-20-46(52)56-54(61)24-13-33-58-56/h1-36H. The minimum absolute atomic E-state index is 0.640. The average molecular weight is 805 g/mol. The molecule has 5 heterocycles. The van der Waals surface area contributed by atoms with Crippen LogP contribution < -0.4 is 0 Å². The Morgan fingerprint density at radius 3 is 1.43 bits per heavy atom. The molecule has 6 nitrogen and oxygen atoms in total. The third-order valence-corrected chi connectivity index (χ3v) is 12.5. The van der Waals surface area contributed by atoms with E-state index in [1.807, 2.05) is 24.4 Å². The molecule has 294 valence electrons. The van der Waals surface area contributed by atoms with Gasteiger partial charge < -0.3 is 9.13 Å². The molecule has 5 aromatic heterocycles. The first-order chi connectivity index (χ1) is 31.2. The van der Waals surface area contributed by atoms with E-state index in [4.69, 9.17) is 15.0 Å². The molecule has 0 atom stereocenters. The predicted molar refractivity (Wildman–Crippen MR) is 259 cm³/mol. The molecule has 0 spiro atoms. The Balaban J connectivity index is 0.957. The fourth-order valence-corrected chi connectivity index (χ4v) is 9.66. The Kier molecular flexibility index (Phi) is 7.80. The molecule has 0 unspecified atom stereocenters. The van der Waals surface area contributed by atoms with Gasteiger partial charge >= 0.3 is 0 Å². The lowest BCUT2D eigenvalue weighted by atomic mass is 10.0. The topological polar surface area (TPSA) is 53.5 Å². The minimum atomic E-state index is 0.640. The first-order valence-electron chi connectivity index (χ1n) is 21.3. The van der Waals surface area contributed by atoms with Crippen molar-refractivity contribution in [1.82, 2.24) is 28.7 Å². The third kappa shape index (κ3) is 5.55. The highest BCUT2D eigenvalue weighted by Gasteiger charge is 2.19. The monoisotopic (exact) mass is 804 g/mol. The first kappa shape index (κ1) is 35.2. The van der Waals surface area contributed by atoms with Crippen molar-refractivity contribution in [2.75, 3.05) is 0 Å². The third-order valence-electron chi connectivity index (χ3n) is 12.5. The number of benzene rings is 8. The Bertz CT molecular complexity index is 3790. The maximum absolute atomic E-state index is 5.24. The number of para-hydroxylation sites is 3. The zero-order chi connectivity index (χ0) is 41.4. The van der Waals surface area contributed by atoms with Crippen LogP contribution in [0.1, 0.15) is 0 Å². The van der Waals surface area contributed by atoms with Crippen molar-refractivity contribution in [3.63, 3.8) is 0 Å². The molecule has 0 saturated carbocycles. The zero-order valence-corrected chi connectivity index (χ0v) is 34.0. The molecule has 0 fully saturated rings. The van der Waals surface area contributed by atoms with Gasteiger partial charge in [0, 0.05) is 55.6 Å². The molecule has 0 aliphatic carbocycles. The molecule has 8 aromatic carbocycles. The van der Waals surface area contributed by atoms with Crippen molar-refractivity contribution in [3.05, 3.63) is 219 Å². The summed E-state index contributed by atoms with van der Waals surface area (Å²) in [6, 6.07) is 75.4. The van der Waals surface area contributed by atoms with Gasteiger partial charge in [0.2, 0.25) is 5.95 Å². The first-order valence-corrected chi connectivity index (χ1v) is 21.3. The second-order valence-electron chi connectivity index (χ2n) is 16.1. The summed E-state index contributed by atoms with van der Waals surface area (Å²) in [6.07, 6.45) is 1.87. The van der Waals surface area contributed by atoms with Crippen molar-refractivity contribution < 1.29 is 0 Å². The number of rotatable bonds is 6. The van der Waals surface area contributed by atoms with E-state index in [-0.39, 0.29) is 0 Å². The molecular weight excluding hydrogens is 769 g/mol. The summed E-state index contributed by atoms with van der Waals surface area (Å²) in [7, 11) is 0. The lowest BCUT2D eigenvalue weighted by Gasteiger charge is -2.12. The molecule has 0 aliphatic rings. The molecule has 0 saturated heterocycles. The molecule has 13 aromatic rings. The SMILES string of the molecule is c1ccc(-c2cc(-c3ccccc3)nc(-n3c4ccccc4c4cc(-c5ccc6c7ccccc7n(-c7ccc(-n8c9ccccc9c9ncccc98)cc7)c6c5)ccc43)n2)cc1. The van der Waals surface area contributed by atoms with Crippen LogP contribution in [0, 0.1) is 0 Å². The molecule has 0 N–H and O–H groups in total. The van der Waals surface area contributed by atoms with Crippen LogP contribution in [-0.2, 0) is 0 Å². The number of pyridine rings is 1. The molecular formula is C57H36N6. The number of nitrogens with zero attached hydrogens (tertiary/aromatic N) is 6. The lowest BCUT2D eigenvalue weighted by molar-refractivity contribution is 0.995. The van der Waals surface area contributed by atoms with E-state index in [9.17, 15) is 0 Å². The average Bonchev–Trinajstić information content (AvgIpc) is 4.00. The zero-order valence-electron chi connectivity index (χ0n) is 34.0. The molecule has 63 heavy (non-hydrogen) atoms. The van der Waals surface area contributed by atoms with Gasteiger partial charge in [-0.3, -0.25) is 9.55 Å². The summed E-state index contributed by atoms with van der Waals surface area (Å²) in [5.74, 6) is 0.640. The molecule has 0 amide bonds. The molecule has 6 heteroatoms. The van der Waals surface area contributed by atoms with Crippen molar-refractivity contribution in [2.45, 2.75) is 0 Å². The summed E-state index contributed by atoms with van der Waals surface area (Å²) in [6.45, 7) is 0. The smallest absolute Gasteiger partial charge is 0.235 e. The van der Waals surface area contributed by atoms with Gasteiger partial charge in [-0.2, -0.15) is 0 Å². The second kappa shape index (κ2) is 14.0. The van der Waals surface area contributed by atoms with E-state index >= 15 is 0 Å². The van der Waals surface area contributed by atoms with Gasteiger partial charge in [0.05, 0.1) is 50.0 Å². The van der Waals surface area contributed by atoms with E-state index in [1.54, 1.807) is 0 Å². The van der Waals surface area contributed by atoms with Crippen molar-refractivity contribution in [1.29, 1.82) is 0 Å². The Morgan fingerprint density at radius 1 is 0.286 bits per heavy atom. The fraction of sp³-hybridized carbons (Fsp3) is 0. The molecule has 0 aliphatic heterocycles. The normalized spacial score (nSPS) is 11.8.